The summed E-state index contributed by atoms with van der Waals surface area (Å²) in [6.45, 7) is 0. The lowest BCUT2D eigenvalue weighted by Crippen LogP contribution is -2.75. The molecule has 0 aliphatic heterocycles. The molecule has 0 radical (unpaired) electrons. The molecule has 4 nitrogen and oxygen atoms in total. The highest BCUT2D eigenvalue weighted by atomic mass is 32.2. The molecule has 82 heavy (non-hydrogen) atoms. The van der Waals surface area contributed by atoms with Crippen molar-refractivity contribution < 1.29 is 114 Å². The van der Waals surface area contributed by atoms with Crippen LogP contribution >= 0.6 is 0 Å². The molecule has 6 rings (SSSR count). The number of alkyl halides is 24. The van der Waals surface area contributed by atoms with Crippen LogP contribution in [-0.2, 0) is 69.3 Å². The Morgan fingerprint density at radius 2 is 0.646 bits per heavy atom. The lowest BCUT2D eigenvalue weighted by molar-refractivity contribution is -0.144. The van der Waals surface area contributed by atoms with Crippen molar-refractivity contribution in [3.8, 4) is 12.1 Å². The Hall–Kier alpha value is -7.76. The number of Topliss-reactive ketones (excluding diaryl/α,β-unsaturated/α-hetero) is 1. The molecule has 6 aromatic rings. The van der Waals surface area contributed by atoms with Crippen LogP contribution in [0.1, 0.15) is 60.4 Å². The van der Waals surface area contributed by atoms with Crippen LogP contribution in [0.25, 0.3) is 0 Å². The summed E-state index contributed by atoms with van der Waals surface area (Å²) >= 11 is 0. The third kappa shape index (κ3) is 15.8. The number of ketones is 1. The summed E-state index contributed by atoms with van der Waals surface area (Å²) < 4.78 is 354. The Balaban J connectivity index is 0.000000409. The van der Waals surface area contributed by atoms with E-state index in [-0.39, 0.29) is 28.6 Å². The summed E-state index contributed by atoms with van der Waals surface area (Å²) in [5.41, 5.74) is -28.9. The zero-order chi connectivity index (χ0) is 62.0. The van der Waals surface area contributed by atoms with Crippen LogP contribution in [0.4, 0.5) is 105 Å². The third-order valence-corrected chi connectivity index (χ3v) is 14.5. The minimum Gasteiger partial charge on any atom is -0.289 e. The van der Waals surface area contributed by atoms with Gasteiger partial charge in [-0.05, 0) is 30.3 Å². The van der Waals surface area contributed by atoms with Gasteiger partial charge in [0.1, 0.15) is 35.4 Å². The molecule has 0 aromatic heterocycles. The highest BCUT2D eigenvalue weighted by Gasteiger charge is 2.47. The topological polar surface area (TPSA) is 81.7 Å². The Labute approximate surface area is 447 Å². The first-order chi connectivity index (χ1) is 37.3. The molecule has 6 aromatic carbocycles. The van der Waals surface area contributed by atoms with Crippen LogP contribution < -0.4 is 21.9 Å². The van der Waals surface area contributed by atoms with E-state index in [2.05, 4.69) is 0 Å². The van der Waals surface area contributed by atoms with Gasteiger partial charge in [-0.1, -0.05) is 109 Å². The van der Waals surface area contributed by atoms with Gasteiger partial charge >= 0.3 is 49.4 Å². The van der Waals surface area contributed by atoms with E-state index in [1.165, 1.54) is 6.08 Å². The lowest BCUT2D eigenvalue weighted by atomic mass is 9.12. The third-order valence-electron chi connectivity index (χ3n) is 12.0. The molecule has 0 aliphatic carbocycles. The van der Waals surface area contributed by atoms with E-state index in [1.54, 1.807) is 36.4 Å². The Morgan fingerprint density at radius 1 is 0.402 bits per heavy atom. The largest absolute Gasteiger partial charge is 0.416 e. The van der Waals surface area contributed by atoms with Gasteiger partial charge in [-0.2, -0.15) is 138 Å². The van der Waals surface area contributed by atoms with Gasteiger partial charge in [-0.15, -0.1) is 4.21 Å². The summed E-state index contributed by atoms with van der Waals surface area (Å²) in [7, 11) is -2.63. The normalized spacial score (nSPS) is 13.7. The van der Waals surface area contributed by atoms with Crippen LogP contribution in [0.2, 0.25) is 0 Å². The standard InChI is InChI=1S/C32H12BF24.C20H17N2O2S/c34-25(35,36)13-1-14(26(37,38)39)6-21(5-13)33(22-7-15(27(40,41)42)2-16(8-22)28(43,44)45,23-9-17(29(46,47)48)3-18(10-23)30(49,50)51)24-11-19(31(52,53)54)4-20(12-24)32(55,56)57;21-13-18(14-22)11-12-25(24,15-17-7-3-1-4-8-17)16-20(23)19-9-5-2-6-10-19/h1-12H;1-11H,12,15-16H2/q-1;+1. The predicted molar refractivity (Wildman–Crippen MR) is 248 cm³/mol. The van der Waals surface area contributed by atoms with E-state index < -0.39 is 205 Å². The van der Waals surface area contributed by atoms with E-state index in [0.29, 0.717) is 5.56 Å². The number of rotatable bonds is 11. The molecular formula is C52H29BF24N2O2S. The van der Waals surface area contributed by atoms with Gasteiger partial charge in [0.25, 0.3) is 0 Å². The van der Waals surface area contributed by atoms with Crippen LogP contribution in [0.15, 0.2) is 145 Å². The molecule has 436 valence electrons. The maximum atomic E-state index is 14.2. The van der Waals surface area contributed by atoms with Crippen molar-refractivity contribution in [3.05, 3.63) is 201 Å². The predicted octanol–water partition coefficient (Wildman–Crippen LogP) is 14.8. The van der Waals surface area contributed by atoms with Crippen LogP contribution in [0.5, 0.6) is 0 Å². The van der Waals surface area contributed by atoms with Gasteiger partial charge < -0.3 is 0 Å². The van der Waals surface area contributed by atoms with E-state index in [4.69, 9.17) is 10.5 Å². The zero-order valence-electron chi connectivity index (χ0n) is 40.2. The van der Waals surface area contributed by atoms with Gasteiger partial charge in [0.2, 0.25) is 5.78 Å². The molecule has 30 heteroatoms. The van der Waals surface area contributed by atoms with Gasteiger partial charge in [-0.3, -0.25) is 4.79 Å². The van der Waals surface area contributed by atoms with Crippen molar-refractivity contribution in [1.82, 2.24) is 0 Å². The second-order valence-electron chi connectivity index (χ2n) is 17.8. The molecule has 0 spiro atoms. The summed E-state index contributed by atoms with van der Waals surface area (Å²) in [6, 6.07) is 12.7. The maximum Gasteiger partial charge on any atom is 0.416 e. The van der Waals surface area contributed by atoms with Crippen molar-refractivity contribution in [2.75, 3.05) is 11.5 Å². The molecule has 0 bridgehead atoms. The summed E-state index contributed by atoms with van der Waals surface area (Å²) in [5, 5.41) is 17.7. The van der Waals surface area contributed by atoms with Gasteiger partial charge in [0, 0.05) is 11.1 Å². The highest BCUT2D eigenvalue weighted by molar-refractivity contribution is 8.03. The first kappa shape index (κ1) is 65.1. The first-order valence-electron chi connectivity index (χ1n) is 22.3. The number of carbonyl (C=O) groups is 1. The first-order valence-corrected chi connectivity index (χ1v) is 24.3. The molecular weight excluding hydrogens is 1180 g/mol. The van der Waals surface area contributed by atoms with Crippen LogP contribution in [-0.4, -0.2) is 23.4 Å². The molecule has 0 saturated carbocycles. The molecule has 0 saturated heterocycles. The summed E-state index contributed by atoms with van der Waals surface area (Å²) in [6.07, 6.45) is -53.4. The zero-order valence-corrected chi connectivity index (χ0v) is 41.0. The second-order valence-corrected chi connectivity index (χ2v) is 20.6. The molecule has 0 heterocycles. The number of hydrogen-bond donors (Lipinski definition) is 0. The maximum absolute atomic E-state index is 14.2. The number of allylic oxidation sites excluding steroid dienone is 1. The SMILES string of the molecule is FC(F)(F)c1cc([B-](c2cc(C(F)(F)F)cc(C(F)(F)F)c2)(c2cc(C(F)(F)F)cc(C(F)(F)F)c2)c2cc(C(F)(F)F)cc(C(F)(F)F)c2)cc(C(F)(F)F)c1.N#CC(C#N)=CC[S+](=O)(CC(=O)c1ccccc1)Cc1ccccc1. The van der Waals surface area contributed by atoms with E-state index in [0.717, 1.165) is 5.56 Å². The van der Waals surface area contributed by atoms with Gasteiger partial charge in [0.05, 0.1) is 54.4 Å². The Kier molecular flexibility index (Phi) is 18.4. The van der Waals surface area contributed by atoms with Crippen molar-refractivity contribution in [2.24, 2.45) is 0 Å². The quantitative estimate of drug-likeness (QED) is 0.0425. The number of hydrogen-bond acceptors (Lipinski definition) is 4. The van der Waals surface area contributed by atoms with Gasteiger partial charge in [0.15, 0.2) is 5.75 Å². The monoisotopic (exact) mass is 1210 g/mol. The number of halogens is 24. The molecule has 0 fully saturated rings. The minimum absolute atomic E-state index is 0.0247. The molecule has 0 aliphatic rings. The van der Waals surface area contributed by atoms with E-state index >= 15 is 0 Å². The summed E-state index contributed by atoms with van der Waals surface area (Å²) in [4.78, 5) is 12.5. The fourth-order valence-electron chi connectivity index (χ4n) is 8.42. The fraction of sp³-hybridized carbons (Fsp3) is 0.212. The highest BCUT2D eigenvalue weighted by Crippen LogP contribution is 2.41. The van der Waals surface area contributed by atoms with Crippen molar-refractivity contribution in [3.63, 3.8) is 0 Å². The minimum atomic E-state index is -6.13. The smallest absolute Gasteiger partial charge is 0.289 e. The average Bonchev–Trinajstić information content (AvgIpc) is 3.50. The average molecular weight is 1210 g/mol. The number of nitriles is 2. The molecule has 1 unspecified atom stereocenters. The summed E-state index contributed by atoms with van der Waals surface area (Å²) in [5.74, 6) is -0.0679. The van der Waals surface area contributed by atoms with Crippen molar-refractivity contribution in [1.29, 1.82) is 10.5 Å². The number of nitrogens with zero attached hydrogens (tertiary/aromatic N) is 2. The van der Waals surface area contributed by atoms with Crippen LogP contribution in [0, 0.1) is 22.7 Å². The van der Waals surface area contributed by atoms with Crippen LogP contribution in [0.3, 0.4) is 0 Å². The fourth-order valence-corrected chi connectivity index (χ4v) is 10.7. The van der Waals surface area contributed by atoms with E-state index in [1.807, 2.05) is 36.4 Å². The molecule has 0 N–H and O–H groups in total. The lowest BCUT2D eigenvalue weighted by Gasteiger charge is -2.46. The molecule has 1 atom stereocenters. The molecule has 0 amide bonds. The van der Waals surface area contributed by atoms with E-state index in [9.17, 15) is 114 Å². The Bertz CT molecular complexity index is 3020. The van der Waals surface area contributed by atoms with Crippen molar-refractivity contribution >= 4 is 43.7 Å². The second kappa shape index (κ2) is 23.2. The Morgan fingerprint density at radius 3 is 0.878 bits per heavy atom. The number of carbonyl (C=O) groups excluding carboxylic acids is 1. The number of benzene rings is 6. The van der Waals surface area contributed by atoms with Crippen molar-refractivity contribution in [2.45, 2.75) is 55.2 Å². The van der Waals surface area contributed by atoms with Gasteiger partial charge in [-0.25, -0.2) is 0 Å².